The summed E-state index contributed by atoms with van der Waals surface area (Å²) in [6.07, 6.45) is 7.61. The fourth-order valence-electron chi connectivity index (χ4n) is 7.33. The third-order valence-corrected chi connectivity index (χ3v) is 10.7. The first-order chi connectivity index (χ1) is 34.3. The summed E-state index contributed by atoms with van der Waals surface area (Å²) in [6, 6.07) is 7.78. The molecule has 0 aliphatic carbocycles. The second kappa shape index (κ2) is 36.6. The summed E-state index contributed by atoms with van der Waals surface area (Å²) in [4.78, 5) is 43.5. The number of carboxylic acid groups (broad SMARTS) is 2. The molecule has 0 amide bonds. The van der Waals surface area contributed by atoms with Crippen LogP contribution in [0.15, 0.2) is 36.7 Å². The molecule has 2 aliphatic heterocycles. The summed E-state index contributed by atoms with van der Waals surface area (Å²) in [5.74, 6) is -0.746. The number of aromatic nitrogens is 5. The minimum Gasteiger partial charge on any atom is -0.657 e. The SMILES string of the molecule is CC(=O)O.CC(=O)O.CCc1c(CC)c2cc3nc(cnc4cc(OCCOCCOCCOC)c(OCCOCCOCCOC)cc4ncc4nc(cc1[n-]2)C(CCCO)=C4C)C(C)=C3CCCO.[Gd]. The van der Waals surface area contributed by atoms with Crippen LogP contribution in [-0.4, -0.2) is 159 Å². The van der Waals surface area contributed by atoms with E-state index < -0.39 is 11.9 Å². The van der Waals surface area contributed by atoms with Crippen molar-refractivity contribution < 1.29 is 108 Å². The molecule has 4 N–H and O–H groups in total. The van der Waals surface area contributed by atoms with Crippen LogP contribution in [0.25, 0.3) is 44.4 Å². The van der Waals surface area contributed by atoms with Crippen molar-refractivity contribution in [3.63, 3.8) is 0 Å². The second-order valence-electron chi connectivity index (χ2n) is 15.9. The molecule has 72 heavy (non-hydrogen) atoms. The molecule has 4 heterocycles. The Hall–Kier alpha value is -4.32. The summed E-state index contributed by atoms with van der Waals surface area (Å²) < 4.78 is 45.3. The number of fused-ring (bicyclic) bond motifs is 7. The summed E-state index contributed by atoms with van der Waals surface area (Å²) in [7, 11) is 3.27. The Morgan fingerprint density at radius 3 is 1.19 bits per heavy atom. The van der Waals surface area contributed by atoms with E-state index in [0.717, 1.165) is 71.4 Å². The molecule has 5 rings (SSSR count). The molecule has 19 nitrogen and oxygen atoms in total. The number of rotatable bonds is 28. The van der Waals surface area contributed by atoms with Crippen molar-refractivity contribution >= 4 is 56.3 Å². The van der Waals surface area contributed by atoms with Crippen LogP contribution in [0.5, 0.6) is 11.5 Å². The third-order valence-electron chi connectivity index (χ3n) is 10.7. The maximum Gasteiger partial charge on any atom is 0.300 e. The van der Waals surface area contributed by atoms with Gasteiger partial charge in [-0.25, -0.2) is 9.97 Å². The average Bonchev–Trinajstić information content (AvgIpc) is 3.94. The normalized spacial score (nSPS) is 11.8. The van der Waals surface area contributed by atoms with Crippen LogP contribution in [0.4, 0.5) is 0 Å². The van der Waals surface area contributed by atoms with E-state index in [4.69, 9.17) is 82.6 Å². The molecule has 3 aromatic rings. The molecular weight excluding hydrogens is 1080 g/mol. The topological polar surface area (TPSA) is 255 Å². The van der Waals surface area contributed by atoms with Gasteiger partial charge in [0.05, 0.1) is 112 Å². The molecule has 0 radical (unpaired) electrons. The zero-order valence-corrected chi connectivity index (χ0v) is 45.3. The Bertz CT molecular complexity index is 2240. The van der Waals surface area contributed by atoms with Crippen LogP contribution in [0.1, 0.15) is 101 Å². The van der Waals surface area contributed by atoms with Crippen molar-refractivity contribution in [2.24, 2.45) is 0 Å². The number of aliphatic hydroxyl groups excluding tert-OH is 2. The molecule has 2 aromatic heterocycles. The van der Waals surface area contributed by atoms with Crippen molar-refractivity contribution in [3.8, 4) is 11.5 Å². The van der Waals surface area contributed by atoms with Gasteiger partial charge in [-0.05, 0) is 74.7 Å². The quantitative estimate of drug-likeness (QED) is 0.0546. The first-order valence-electron chi connectivity index (χ1n) is 23.9. The Balaban J connectivity index is 0.00000183. The van der Waals surface area contributed by atoms with Gasteiger partial charge in [-0.15, -0.1) is 11.0 Å². The van der Waals surface area contributed by atoms with E-state index in [-0.39, 0.29) is 66.4 Å². The van der Waals surface area contributed by atoms with Gasteiger partial charge in [-0.2, -0.15) is 0 Å². The number of hydrogen-bond donors (Lipinski definition) is 4. The first kappa shape index (κ1) is 63.8. The number of carbonyl (C=O) groups is 2. The Kier molecular flexibility index (Phi) is 32.4. The van der Waals surface area contributed by atoms with Gasteiger partial charge in [0, 0.05) is 93.4 Å². The van der Waals surface area contributed by atoms with E-state index in [1.165, 1.54) is 11.1 Å². The predicted molar refractivity (Wildman–Crippen MR) is 271 cm³/mol. The first-order valence-corrected chi connectivity index (χ1v) is 23.9. The van der Waals surface area contributed by atoms with Crippen molar-refractivity contribution in [1.29, 1.82) is 0 Å². The Morgan fingerprint density at radius 2 is 0.875 bits per heavy atom. The van der Waals surface area contributed by atoms with Crippen LogP contribution in [-0.2, 0) is 50.9 Å². The molecule has 20 heteroatoms. The monoisotopic (exact) mass is 1150 g/mol. The molecule has 0 saturated heterocycles. The van der Waals surface area contributed by atoms with Crippen LogP contribution in [0, 0.1) is 39.9 Å². The summed E-state index contributed by atoms with van der Waals surface area (Å²) in [6.45, 7) is 15.6. The molecule has 0 unspecified atom stereocenters. The Labute approximate surface area is 455 Å². The smallest absolute Gasteiger partial charge is 0.300 e. The number of ether oxygens (including phenoxy) is 8. The van der Waals surface area contributed by atoms with E-state index in [2.05, 4.69) is 26.0 Å². The number of allylic oxidation sites excluding steroid dienone is 4. The van der Waals surface area contributed by atoms with Crippen molar-refractivity contribution in [2.45, 2.75) is 80.1 Å². The molecule has 400 valence electrons. The maximum atomic E-state index is 9.85. The third kappa shape index (κ3) is 22.0. The second-order valence-corrected chi connectivity index (χ2v) is 15.9. The summed E-state index contributed by atoms with van der Waals surface area (Å²) >= 11 is 0. The van der Waals surface area contributed by atoms with E-state index in [9.17, 15) is 10.2 Å². The van der Waals surface area contributed by atoms with Gasteiger partial charge in [-0.1, -0.05) is 37.1 Å². The van der Waals surface area contributed by atoms with Gasteiger partial charge in [0.1, 0.15) is 13.2 Å². The molecule has 0 saturated carbocycles. The average molecular weight is 1150 g/mol. The summed E-state index contributed by atoms with van der Waals surface area (Å²) in [5.41, 5.74) is 12.2. The fraction of sp³-hybridized carbons (Fsp3) is 0.538. The standard InChI is InChI=1S/C48H66N5O10.2C2H4O2.Gd/c1-7-35-36(8-2)40-28-42-38(12-10-14-55)34(4)46(53-42)32-50-44-30-48(63-26-24-61-22-20-59-18-16-57-6)47(62-25-23-60-21-19-58-17-15-56-5)29-43(44)49-31-45-33(3)37(11-9-13-54)41(52-45)27-39(35)51-40;2*1-2(3)4;/h27-32,54-55H,7-26H2,1-6H3;2*1H3,(H,3,4);/q-1;;;. The van der Waals surface area contributed by atoms with Gasteiger partial charge in [0.25, 0.3) is 11.9 Å². The Morgan fingerprint density at radius 1 is 0.542 bits per heavy atom. The minimum atomic E-state index is -0.833. The number of benzene rings is 1. The number of aliphatic carboxylic acids is 2. The minimum absolute atomic E-state index is 0. The van der Waals surface area contributed by atoms with Gasteiger partial charge < -0.3 is 63.3 Å². The number of hydrogen-bond acceptors (Lipinski definition) is 16. The van der Waals surface area contributed by atoms with E-state index in [1.807, 2.05) is 26.0 Å². The van der Waals surface area contributed by atoms with Crippen LogP contribution >= 0.6 is 0 Å². The van der Waals surface area contributed by atoms with Gasteiger partial charge in [0.2, 0.25) is 0 Å². The molecular formula is C52H74GdN5O14-. The van der Waals surface area contributed by atoms with Crippen molar-refractivity contribution in [3.05, 3.63) is 70.6 Å². The van der Waals surface area contributed by atoms with E-state index in [1.54, 1.807) is 26.6 Å². The fourth-order valence-corrected chi connectivity index (χ4v) is 7.33. The zero-order chi connectivity index (χ0) is 52.0. The van der Waals surface area contributed by atoms with Crippen molar-refractivity contribution in [2.75, 3.05) is 107 Å². The van der Waals surface area contributed by atoms with Crippen LogP contribution in [0.2, 0.25) is 0 Å². The molecule has 0 fully saturated rings. The molecule has 0 atom stereocenters. The predicted octanol–water partition coefficient (Wildman–Crippen LogP) is 6.80. The van der Waals surface area contributed by atoms with Gasteiger partial charge in [0.15, 0.2) is 11.5 Å². The molecule has 0 spiro atoms. The number of aryl methyl sites for hydroxylation is 2. The molecule has 2 aliphatic rings. The number of methoxy groups -OCH3 is 2. The van der Waals surface area contributed by atoms with Gasteiger partial charge in [-0.3, -0.25) is 19.6 Å². The molecule has 6 bridgehead atoms. The van der Waals surface area contributed by atoms with Crippen molar-refractivity contribution in [1.82, 2.24) is 24.9 Å². The zero-order valence-electron chi connectivity index (χ0n) is 43.1. The summed E-state index contributed by atoms with van der Waals surface area (Å²) in [5, 5.41) is 34.5. The number of aliphatic hydroxyl groups is 2. The molecule has 1 aromatic carbocycles. The number of nitrogens with zero attached hydrogens (tertiary/aromatic N) is 5. The maximum absolute atomic E-state index is 9.85. The largest absolute Gasteiger partial charge is 0.657 e. The number of carboxylic acids is 2. The van der Waals surface area contributed by atoms with Gasteiger partial charge >= 0.3 is 0 Å². The van der Waals surface area contributed by atoms with E-state index >= 15 is 0 Å². The van der Waals surface area contributed by atoms with Crippen LogP contribution < -0.4 is 14.5 Å². The van der Waals surface area contributed by atoms with E-state index in [0.29, 0.717) is 126 Å². The van der Waals surface area contributed by atoms with Crippen LogP contribution in [0.3, 0.4) is 0 Å².